The molecule has 128 valence electrons. The van der Waals surface area contributed by atoms with E-state index < -0.39 is 0 Å². The summed E-state index contributed by atoms with van der Waals surface area (Å²) in [5, 5.41) is 0. The topological polar surface area (TPSA) is 32.8 Å². The summed E-state index contributed by atoms with van der Waals surface area (Å²) in [6.07, 6.45) is 2.39. The molecule has 0 N–H and O–H groups in total. The highest BCUT2D eigenvalue weighted by molar-refractivity contribution is 5.93. The molecule has 0 bridgehead atoms. The molecule has 0 radical (unpaired) electrons. The van der Waals surface area contributed by atoms with Gasteiger partial charge in [-0.2, -0.15) is 0 Å². The van der Waals surface area contributed by atoms with Gasteiger partial charge in [-0.25, -0.2) is 0 Å². The van der Waals surface area contributed by atoms with E-state index in [0.29, 0.717) is 5.56 Å². The van der Waals surface area contributed by atoms with Gasteiger partial charge in [0.15, 0.2) is 0 Å². The van der Waals surface area contributed by atoms with Crippen LogP contribution in [0.5, 0.6) is 5.75 Å². The van der Waals surface area contributed by atoms with Crippen LogP contribution >= 0.6 is 0 Å². The second kappa shape index (κ2) is 8.34. The molecular weight excluding hydrogens is 288 g/mol. The number of ether oxygens (including phenoxy) is 1. The molecule has 1 heterocycles. The van der Waals surface area contributed by atoms with Crippen LogP contribution in [0.1, 0.15) is 37.0 Å². The molecular formula is C19H30N2O2. The number of piperidine rings is 1. The minimum atomic E-state index is 0.0184. The summed E-state index contributed by atoms with van der Waals surface area (Å²) < 4.78 is 5.79. The van der Waals surface area contributed by atoms with E-state index in [-0.39, 0.29) is 5.91 Å². The molecule has 1 saturated heterocycles. The highest BCUT2D eigenvalue weighted by Gasteiger charge is 2.21. The van der Waals surface area contributed by atoms with Crippen LogP contribution in [0.2, 0.25) is 0 Å². The van der Waals surface area contributed by atoms with Crippen LogP contribution in [0.15, 0.2) is 24.3 Å². The molecule has 1 aliphatic rings. The lowest BCUT2D eigenvalue weighted by Gasteiger charge is -2.34. The first-order valence-electron chi connectivity index (χ1n) is 8.62. The maximum Gasteiger partial charge on any atom is 0.253 e. The zero-order valence-corrected chi connectivity index (χ0v) is 14.9. The lowest BCUT2D eigenvalue weighted by atomic mass is 9.92. The molecule has 0 aliphatic carbocycles. The maximum atomic E-state index is 11.8. The van der Waals surface area contributed by atoms with Crippen molar-refractivity contribution >= 4 is 5.91 Å². The Bertz CT molecular complexity index is 489. The average molecular weight is 318 g/mol. The molecule has 2 rings (SSSR count). The number of amides is 1. The zero-order valence-electron chi connectivity index (χ0n) is 14.9. The number of carbonyl (C=O) groups excluding carboxylic acids is 1. The van der Waals surface area contributed by atoms with E-state index in [9.17, 15) is 4.79 Å². The Balaban J connectivity index is 1.71. The fourth-order valence-electron chi connectivity index (χ4n) is 3.40. The third kappa shape index (κ3) is 5.54. The molecule has 1 aromatic rings. The van der Waals surface area contributed by atoms with Crippen LogP contribution < -0.4 is 4.74 Å². The van der Waals surface area contributed by atoms with Crippen LogP contribution in [0, 0.1) is 11.8 Å². The Hall–Kier alpha value is -1.55. The van der Waals surface area contributed by atoms with Gasteiger partial charge < -0.3 is 14.5 Å². The van der Waals surface area contributed by atoms with Crippen molar-refractivity contribution in [2.45, 2.75) is 26.7 Å². The van der Waals surface area contributed by atoms with Gasteiger partial charge in [0.05, 0.1) is 6.61 Å². The molecule has 0 spiro atoms. The molecule has 4 heteroatoms. The number of benzene rings is 1. The summed E-state index contributed by atoms with van der Waals surface area (Å²) in [5.41, 5.74) is 0.693. The lowest BCUT2D eigenvalue weighted by Crippen LogP contribution is -2.39. The average Bonchev–Trinajstić information content (AvgIpc) is 2.50. The summed E-state index contributed by atoms with van der Waals surface area (Å²) >= 11 is 0. The summed E-state index contributed by atoms with van der Waals surface area (Å²) in [5.74, 6) is 2.47. The van der Waals surface area contributed by atoms with E-state index in [1.807, 2.05) is 24.3 Å². The minimum Gasteiger partial charge on any atom is -0.494 e. The van der Waals surface area contributed by atoms with Crippen molar-refractivity contribution in [2.24, 2.45) is 11.8 Å². The second-order valence-corrected chi connectivity index (χ2v) is 7.13. The molecule has 1 aromatic carbocycles. The number of likely N-dealkylation sites (tertiary alicyclic amines) is 1. The standard InChI is InChI=1S/C19H30N2O2/c1-15-12-16(2)14-21(13-15)10-5-11-23-18-8-6-17(7-9-18)19(22)20(3)4/h6-9,15-16H,5,10-14H2,1-4H3/t15-,16-/m1/s1. The minimum absolute atomic E-state index is 0.0184. The van der Waals surface area contributed by atoms with Gasteiger partial charge in [-0.3, -0.25) is 4.79 Å². The summed E-state index contributed by atoms with van der Waals surface area (Å²) in [6.45, 7) is 8.94. The van der Waals surface area contributed by atoms with E-state index in [1.54, 1.807) is 19.0 Å². The molecule has 2 atom stereocenters. The van der Waals surface area contributed by atoms with Crippen molar-refractivity contribution in [1.82, 2.24) is 9.80 Å². The Morgan fingerprint density at radius 3 is 2.35 bits per heavy atom. The van der Waals surface area contributed by atoms with Crippen molar-refractivity contribution in [3.8, 4) is 5.75 Å². The SMILES string of the molecule is C[C@@H]1C[C@@H](C)CN(CCCOc2ccc(C(=O)N(C)C)cc2)C1. The monoisotopic (exact) mass is 318 g/mol. The van der Waals surface area contributed by atoms with Crippen LogP contribution in [0.4, 0.5) is 0 Å². The third-order valence-corrected chi connectivity index (χ3v) is 4.34. The van der Waals surface area contributed by atoms with Crippen LogP contribution in [-0.4, -0.2) is 56.0 Å². The van der Waals surface area contributed by atoms with Gasteiger partial charge in [-0.15, -0.1) is 0 Å². The predicted molar refractivity (Wildman–Crippen MR) is 94.0 cm³/mol. The van der Waals surface area contributed by atoms with Crippen molar-refractivity contribution < 1.29 is 9.53 Å². The highest BCUT2D eigenvalue weighted by Crippen LogP contribution is 2.21. The first-order valence-corrected chi connectivity index (χ1v) is 8.62. The van der Waals surface area contributed by atoms with Gasteiger partial charge in [0.2, 0.25) is 0 Å². The molecule has 0 aromatic heterocycles. The van der Waals surface area contributed by atoms with E-state index in [0.717, 1.165) is 37.2 Å². The number of nitrogens with zero attached hydrogens (tertiary/aromatic N) is 2. The van der Waals surface area contributed by atoms with Crippen molar-refractivity contribution in [3.05, 3.63) is 29.8 Å². The smallest absolute Gasteiger partial charge is 0.253 e. The largest absolute Gasteiger partial charge is 0.494 e. The molecule has 0 saturated carbocycles. The first-order chi connectivity index (χ1) is 11.0. The van der Waals surface area contributed by atoms with Crippen molar-refractivity contribution in [1.29, 1.82) is 0 Å². The fourth-order valence-corrected chi connectivity index (χ4v) is 3.40. The molecule has 1 amide bonds. The van der Waals surface area contributed by atoms with Gasteiger partial charge in [-0.05, 0) is 48.9 Å². The quantitative estimate of drug-likeness (QED) is 0.756. The van der Waals surface area contributed by atoms with Crippen molar-refractivity contribution in [2.75, 3.05) is 40.3 Å². The summed E-state index contributed by atoms with van der Waals surface area (Å²) in [6, 6.07) is 7.40. The molecule has 0 unspecified atom stereocenters. The van der Waals surface area contributed by atoms with Gasteiger partial charge in [0.1, 0.15) is 5.75 Å². The van der Waals surface area contributed by atoms with Crippen LogP contribution in [0.3, 0.4) is 0 Å². The normalized spacial score (nSPS) is 21.9. The molecule has 1 fully saturated rings. The molecule has 4 nitrogen and oxygen atoms in total. The lowest BCUT2D eigenvalue weighted by molar-refractivity contribution is 0.0827. The van der Waals surface area contributed by atoms with E-state index in [1.165, 1.54) is 19.5 Å². The fraction of sp³-hybridized carbons (Fsp3) is 0.632. The van der Waals surface area contributed by atoms with Crippen LogP contribution in [0.25, 0.3) is 0 Å². The predicted octanol–water partition coefficient (Wildman–Crippen LogP) is 3.14. The van der Waals surface area contributed by atoms with Gasteiger partial charge in [0.25, 0.3) is 5.91 Å². The Morgan fingerprint density at radius 2 is 1.78 bits per heavy atom. The number of hydrogen-bond acceptors (Lipinski definition) is 3. The Kier molecular flexibility index (Phi) is 6.46. The molecule has 1 aliphatic heterocycles. The van der Waals surface area contributed by atoms with Gasteiger partial charge in [-0.1, -0.05) is 13.8 Å². The highest BCUT2D eigenvalue weighted by atomic mass is 16.5. The number of carbonyl (C=O) groups is 1. The Labute approximate surface area is 140 Å². The Morgan fingerprint density at radius 1 is 1.17 bits per heavy atom. The summed E-state index contributed by atoms with van der Waals surface area (Å²) in [7, 11) is 3.52. The zero-order chi connectivity index (χ0) is 16.8. The first kappa shape index (κ1) is 17.8. The number of hydrogen-bond donors (Lipinski definition) is 0. The molecule has 23 heavy (non-hydrogen) atoms. The van der Waals surface area contributed by atoms with Crippen LogP contribution in [-0.2, 0) is 0 Å². The maximum absolute atomic E-state index is 11.8. The van der Waals surface area contributed by atoms with E-state index in [2.05, 4.69) is 18.7 Å². The second-order valence-electron chi connectivity index (χ2n) is 7.13. The van der Waals surface area contributed by atoms with E-state index in [4.69, 9.17) is 4.74 Å². The number of rotatable bonds is 6. The summed E-state index contributed by atoms with van der Waals surface area (Å²) in [4.78, 5) is 16.0. The third-order valence-electron chi connectivity index (χ3n) is 4.34. The van der Waals surface area contributed by atoms with Gasteiger partial charge in [0, 0.05) is 39.3 Å². The van der Waals surface area contributed by atoms with Gasteiger partial charge >= 0.3 is 0 Å². The van der Waals surface area contributed by atoms with E-state index >= 15 is 0 Å². The van der Waals surface area contributed by atoms with Crippen molar-refractivity contribution in [3.63, 3.8) is 0 Å².